The maximum Gasteiger partial charge on any atom is 0.262 e. The summed E-state index contributed by atoms with van der Waals surface area (Å²) < 4.78 is 5.34. The van der Waals surface area contributed by atoms with Gasteiger partial charge in [0.2, 0.25) is 0 Å². The topological polar surface area (TPSA) is 61.9 Å². The first kappa shape index (κ1) is 18.5. The predicted octanol–water partition coefficient (Wildman–Crippen LogP) is 2.80. The van der Waals surface area contributed by atoms with E-state index in [-0.39, 0.29) is 18.3 Å². The SMILES string of the molecule is O=C1COc2ccc(C(=O)CCCN3CCN(c4ccccc4)CC3)cc2N1. The van der Waals surface area contributed by atoms with Crippen molar-refractivity contribution in [2.24, 2.45) is 0 Å². The molecule has 1 N–H and O–H groups in total. The molecule has 2 aromatic carbocycles. The van der Waals surface area contributed by atoms with Crippen LogP contribution in [0.5, 0.6) is 5.75 Å². The number of rotatable bonds is 6. The largest absolute Gasteiger partial charge is 0.482 e. The number of carbonyl (C=O) groups is 2. The second-order valence-corrected chi connectivity index (χ2v) is 7.24. The summed E-state index contributed by atoms with van der Waals surface area (Å²) >= 11 is 0. The molecule has 1 fully saturated rings. The summed E-state index contributed by atoms with van der Waals surface area (Å²) in [5.74, 6) is 0.532. The van der Waals surface area contributed by atoms with Crippen molar-refractivity contribution in [2.45, 2.75) is 12.8 Å². The summed E-state index contributed by atoms with van der Waals surface area (Å²) in [5.41, 5.74) is 2.48. The first-order valence-electron chi connectivity index (χ1n) is 9.81. The number of ether oxygens (including phenoxy) is 1. The number of anilines is 2. The minimum absolute atomic E-state index is 0.0256. The molecule has 0 aromatic heterocycles. The summed E-state index contributed by atoms with van der Waals surface area (Å²) in [7, 11) is 0. The molecular formula is C22H25N3O3. The lowest BCUT2D eigenvalue weighted by atomic mass is 10.0. The summed E-state index contributed by atoms with van der Waals surface area (Å²) in [4.78, 5) is 28.8. The van der Waals surface area contributed by atoms with E-state index >= 15 is 0 Å². The van der Waals surface area contributed by atoms with Gasteiger partial charge in [-0.2, -0.15) is 0 Å². The van der Waals surface area contributed by atoms with Crippen LogP contribution < -0.4 is 15.0 Å². The molecule has 0 spiro atoms. The second kappa shape index (κ2) is 8.44. The first-order valence-corrected chi connectivity index (χ1v) is 9.81. The molecule has 2 aromatic rings. The zero-order valence-corrected chi connectivity index (χ0v) is 15.9. The number of ketones is 1. The normalized spacial score (nSPS) is 16.9. The molecule has 1 amide bonds. The Kier molecular flexibility index (Phi) is 5.58. The average Bonchev–Trinajstić information content (AvgIpc) is 2.74. The fourth-order valence-electron chi connectivity index (χ4n) is 3.73. The molecule has 0 bridgehead atoms. The van der Waals surface area contributed by atoms with Crippen LogP contribution in [0.25, 0.3) is 0 Å². The van der Waals surface area contributed by atoms with E-state index in [1.807, 2.05) is 6.07 Å². The predicted molar refractivity (Wildman–Crippen MR) is 109 cm³/mol. The molecular weight excluding hydrogens is 354 g/mol. The third kappa shape index (κ3) is 4.34. The van der Waals surface area contributed by atoms with Gasteiger partial charge in [0.05, 0.1) is 5.69 Å². The van der Waals surface area contributed by atoms with Crippen molar-refractivity contribution in [3.63, 3.8) is 0 Å². The Balaban J connectivity index is 1.23. The lowest BCUT2D eigenvalue weighted by molar-refractivity contribution is -0.118. The lowest BCUT2D eigenvalue weighted by Crippen LogP contribution is -2.46. The number of nitrogens with one attached hydrogen (secondary N) is 1. The molecule has 0 radical (unpaired) electrons. The maximum absolute atomic E-state index is 12.5. The number of carbonyl (C=O) groups excluding carboxylic acids is 2. The molecule has 2 aliphatic heterocycles. The van der Waals surface area contributed by atoms with E-state index in [9.17, 15) is 9.59 Å². The van der Waals surface area contributed by atoms with Gasteiger partial charge >= 0.3 is 0 Å². The van der Waals surface area contributed by atoms with Crippen molar-refractivity contribution in [1.29, 1.82) is 0 Å². The number of fused-ring (bicyclic) bond motifs is 1. The van der Waals surface area contributed by atoms with Gasteiger partial charge in [-0.1, -0.05) is 18.2 Å². The third-order valence-electron chi connectivity index (χ3n) is 5.31. The summed E-state index contributed by atoms with van der Waals surface area (Å²) in [6.45, 7) is 5.03. The van der Waals surface area contributed by atoms with Gasteiger partial charge in [0, 0.05) is 43.9 Å². The molecule has 4 rings (SSSR count). The van der Waals surface area contributed by atoms with Crippen molar-refractivity contribution >= 4 is 23.1 Å². The van der Waals surface area contributed by atoms with Crippen molar-refractivity contribution in [1.82, 2.24) is 4.90 Å². The standard InChI is InChI=1S/C22H25N3O3/c26-20(17-8-9-21-19(15-17)23-22(27)16-28-21)7-4-10-24-11-13-25(14-12-24)18-5-2-1-3-6-18/h1-3,5-6,8-9,15H,4,7,10-14,16H2,(H,23,27). The smallest absolute Gasteiger partial charge is 0.262 e. The van der Waals surface area contributed by atoms with E-state index in [0.29, 0.717) is 23.4 Å². The molecule has 6 nitrogen and oxygen atoms in total. The third-order valence-corrected chi connectivity index (χ3v) is 5.31. The number of benzene rings is 2. The number of para-hydroxylation sites is 1. The van der Waals surface area contributed by atoms with E-state index in [0.717, 1.165) is 39.1 Å². The molecule has 0 atom stereocenters. The van der Waals surface area contributed by atoms with Gasteiger partial charge in [0.15, 0.2) is 12.4 Å². The Morgan fingerprint density at radius 1 is 1.04 bits per heavy atom. The summed E-state index contributed by atoms with van der Waals surface area (Å²) in [5, 5.41) is 2.75. The molecule has 146 valence electrons. The number of hydrogen-bond acceptors (Lipinski definition) is 5. The van der Waals surface area contributed by atoms with Crippen LogP contribution in [-0.2, 0) is 4.79 Å². The molecule has 6 heteroatoms. The first-order chi connectivity index (χ1) is 13.7. The highest BCUT2D eigenvalue weighted by Crippen LogP contribution is 2.29. The fourth-order valence-corrected chi connectivity index (χ4v) is 3.73. The van der Waals surface area contributed by atoms with E-state index in [1.165, 1.54) is 5.69 Å². The van der Waals surface area contributed by atoms with Gasteiger partial charge in [-0.15, -0.1) is 0 Å². The highest BCUT2D eigenvalue weighted by molar-refractivity contribution is 6.00. The van der Waals surface area contributed by atoms with Gasteiger partial charge in [0.25, 0.3) is 5.91 Å². The van der Waals surface area contributed by atoms with E-state index < -0.39 is 0 Å². The maximum atomic E-state index is 12.5. The minimum Gasteiger partial charge on any atom is -0.482 e. The minimum atomic E-state index is -0.188. The highest BCUT2D eigenvalue weighted by atomic mass is 16.5. The van der Waals surface area contributed by atoms with Crippen LogP contribution in [0.1, 0.15) is 23.2 Å². The Bertz CT molecular complexity index is 845. The zero-order valence-electron chi connectivity index (χ0n) is 15.9. The van der Waals surface area contributed by atoms with Crippen LogP contribution in [0.15, 0.2) is 48.5 Å². The highest BCUT2D eigenvalue weighted by Gasteiger charge is 2.19. The van der Waals surface area contributed by atoms with Crippen molar-refractivity contribution < 1.29 is 14.3 Å². The fraction of sp³-hybridized carbons (Fsp3) is 0.364. The van der Waals surface area contributed by atoms with Gasteiger partial charge in [-0.25, -0.2) is 0 Å². The van der Waals surface area contributed by atoms with E-state index in [1.54, 1.807) is 18.2 Å². The van der Waals surface area contributed by atoms with Crippen LogP contribution in [0.2, 0.25) is 0 Å². The van der Waals surface area contributed by atoms with E-state index in [2.05, 4.69) is 39.4 Å². The Labute approximate surface area is 165 Å². The number of hydrogen-bond donors (Lipinski definition) is 1. The molecule has 2 aliphatic rings. The Hall–Kier alpha value is -2.86. The monoisotopic (exact) mass is 379 g/mol. The van der Waals surface area contributed by atoms with Crippen LogP contribution >= 0.6 is 0 Å². The molecule has 0 unspecified atom stereocenters. The van der Waals surface area contributed by atoms with Gasteiger partial charge in [0.1, 0.15) is 5.75 Å². The van der Waals surface area contributed by atoms with Crippen molar-refractivity contribution in [3.8, 4) is 5.75 Å². The van der Waals surface area contributed by atoms with Crippen molar-refractivity contribution in [2.75, 3.05) is 49.5 Å². The quantitative estimate of drug-likeness (QED) is 0.782. The van der Waals surface area contributed by atoms with Gasteiger partial charge < -0.3 is 15.0 Å². The Morgan fingerprint density at radius 3 is 2.61 bits per heavy atom. The molecule has 0 aliphatic carbocycles. The molecule has 28 heavy (non-hydrogen) atoms. The lowest BCUT2D eigenvalue weighted by Gasteiger charge is -2.36. The zero-order chi connectivity index (χ0) is 19.3. The average molecular weight is 379 g/mol. The molecule has 1 saturated heterocycles. The second-order valence-electron chi connectivity index (χ2n) is 7.24. The van der Waals surface area contributed by atoms with Crippen LogP contribution in [0.4, 0.5) is 11.4 Å². The van der Waals surface area contributed by atoms with E-state index in [4.69, 9.17) is 4.74 Å². The number of Topliss-reactive ketones (excluding diaryl/α,β-unsaturated/α-hetero) is 1. The van der Waals surface area contributed by atoms with Crippen LogP contribution in [0, 0.1) is 0 Å². The number of piperazine rings is 1. The number of amides is 1. The number of nitrogens with zero attached hydrogens (tertiary/aromatic N) is 2. The van der Waals surface area contributed by atoms with Crippen molar-refractivity contribution in [3.05, 3.63) is 54.1 Å². The van der Waals surface area contributed by atoms with Gasteiger partial charge in [-0.05, 0) is 43.3 Å². The molecule has 0 saturated carbocycles. The van der Waals surface area contributed by atoms with Crippen LogP contribution in [0.3, 0.4) is 0 Å². The molecule has 2 heterocycles. The Morgan fingerprint density at radius 2 is 1.82 bits per heavy atom. The van der Waals surface area contributed by atoms with Crippen LogP contribution in [-0.4, -0.2) is 55.9 Å². The van der Waals surface area contributed by atoms with Gasteiger partial charge in [-0.3, -0.25) is 14.5 Å². The summed E-state index contributed by atoms with van der Waals surface area (Å²) in [6, 6.07) is 15.7. The summed E-state index contributed by atoms with van der Waals surface area (Å²) in [6.07, 6.45) is 1.34.